The van der Waals surface area contributed by atoms with Crippen molar-refractivity contribution in [2.75, 3.05) is 0 Å². The average Bonchev–Trinajstić information content (AvgIpc) is 2.84. The predicted octanol–water partition coefficient (Wildman–Crippen LogP) is 1.13. The van der Waals surface area contributed by atoms with E-state index in [4.69, 9.17) is 0 Å². The van der Waals surface area contributed by atoms with Crippen LogP contribution in [0.5, 0.6) is 0 Å². The first kappa shape index (κ1) is 7.79. The Morgan fingerprint density at radius 1 is 1.50 bits per heavy atom. The Labute approximate surface area is 80.6 Å². The van der Waals surface area contributed by atoms with Gasteiger partial charge in [0.15, 0.2) is 5.65 Å². The van der Waals surface area contributed by atoms with Crippen LogP contribution in [0.1, 0.15) is 12.8 Å². The quantitative estimate of drug-likeness (QED) is 0.770. The molecule has 1 N–H and O–H groups in total. The highest BCUT2D eigenvalue weighted by atomic mass is 16.1. The van der Waals surface area contributed by atoms with E-state index in [1.165, 1.54) is 18.9 Å². The molecule has 72 valence electrons. The number of H-pyrrole nitrogens is 1. The van der Waals surface area contributed by atoms with Gasteiger partial charge in [0.05, 0.1) is 0 Å². The molecule has 1 fully saturated rings. The van der Waals surface area contributed by atoms with Crippen LogP contribution in [0.15, 0.2) is 23.1 Å². The SMILES string of the molecule is O=c1ccc2cn(CC3CC3)nc2[nH]1. The Morgan fingerprint density at radius 3 is 3.14 bits per heavy atom. The number of nitrogens with one attached hydrogen (secondary N) is 1. The van der Waals surface area contributed by atoms with Crippen LogP contribution in [0, 0.1) is 5.92 Å². The van der Waals surface area contributed by atoms with Gasteiger partial charge in [0.2, 0.25) is 5.56 Å². The third-order valence-electron chi connectivity index (χ3n) is 2.59. The maximum absolute atomic E-state index is 11.0. The number of hydrogen-bond acceptors (Lipinski definition) is 2. The lowest BCUT2D eigenvalue weighted by Crippen LogP contribution is -2.03. The van der Waals surface area contributed by atoms with Gasteiger partial charge >= 0.3 is 0 Å². The molecule has 4 heteroatoms. The van der Waals surface area contributed by atoms with Gasteiger partial charge in [0, 0.05) is 24.2 Å². The zero-order chi connectivity index (χ0) is 9.54. The number of aromatic amines is 1. The average molecular weight is 189 g/mol. The van der Waals surface area contributed by atoms with E-state index < -0.39 is 0 Å². The molecule has 2 aromatic heterocycles. The van der Waals surface area contributed by atoms with E-state index in [-0.39, 0.29) is 5.56 Å². The fourth-order valence-electron chi connectivity index (χ4n) is 1.64. The molecule has 3 rings (SSSR count). The second-order valence-corrected chi connectivity index (χ2v) is 3.92. The molecule has 2 aromatic rings. The summed E-state index contributed by atoms with van der Waals surface area (Å²) in [6, 6.07) is 3.34. The number of aromatic nitrogens is 3. The summed E-state index contributed by atoms with van der Waals surface area (Å²) in [5.74, 6) is 0.802. The summed E-state index contributed by atoms with van der Waals surface area (Å²) >= 11 is 0. The van der Waals surface area contributed by atoms with E-state index in [9.17, 15) is 4.79 Å². The Balaban J connectivity index is 2.05. The molecule has 0 saturated heterocycles. The Hall–Kier alpha value is -1.58. The lowest BCUT2D eigenvalue weighted by Gasteiger charge is -1.95. The number of pyridine rings is 1. The third kappa shape index (κ3) is 1.32. The standard InChI is InChI=1S/C10H11N3O/c14-9-4-3-8-6-13(5-7-1-2-7)12-10(8)11-9/h3-4,6-7H,1-2,5H2,(H,11,12,14). The molecule has 1 aliphatic carbocycles. The topological polar surface area (TPSA) is 50.7 Å². The minimum absolute atomic E-state index is 0.0887. The summed E-state index contributed by atoms with van der Waals surface area (Å²) in [5, 5.41) is 5.32. The summed E-state index contributed by atoms with van der Waals surface area (Å²) < 4.78 is 1.93. The van der Waals surface area contributed by atoms with Crippen LogP contribution in [0.3, 0.4) is 0 Å². The van der Waals surface area contributed by atoms with Crippen molar-refractivity contribution < 1.29 is 0 Å². The van der Waals surface area contributed by atoms with Crippen LogP contribution in [-0.4, -0.2) is 14.8 Å². The highest BCUT2D eigenvalue weighted by Crippen LogP contribution is 2.30. The second kappa shape index (κ2) is 2.70. The van der Waals surface area contributed by atoms with Crippen molar-refractivity contribution in [2.45, 2.75) is 19.4 Å². The fourth-order valence-corrected chi connectivity index (χ4v) is 1.64. The maximum atomic E-state index is 11.0. The van der Waals surface area contributed by atoms with Gasteiger partial charge in [0.25, 0.3) is 0 Å². The monoisotopic (exact) mass is 189 g/mol. The Bertz CT molecular complexity index is 521. The summed E-state index contributed by atoms with van der Waals surface area (Å²) in [4.78, 5) is 13.7. The summed E-state index contributed by atoms with van der Waals surface area (Å²) in [7, 11) is 0. The first-order valence-electron chi connectivity index (χ1n) is 4.88. The van der Waals surface area contributed by atoms with E-state index >= 15 is 0 Å². The summed E-state index contributed by atoms with van der Waals surface area (Å²) in [6.45, 7) is 0.983. The van der Waals surface area contributed by atoms with Crippen molar-refractivity contribution in [2.24, 2.45) is 5.92 Å². The predicted molar refractivity (Wildman–Crippen MR) is 53.1 cm³/mol. The lowest BCUT2D eigenvalue weighted by atomic mass is 10.3. The molecule has 0 aromatic carbocycles. The second-order valence-electron chi connectivity index (χ2n) is 3.92. The summed E-state index contributed by atoms with van der Waals surface area (Å²) in [6.07, 6.45) is 4.61. The van der Waals surface area contributed by atoms with Crippen molar-refractivity contribution in [1.29, 1.82) is 0 Å². The molecule has 14 heavy (non-hydrogen) atoms. The summed E-state index contributed by atoms with van der Waals surface area (Å²) in [5.41, 5.74) is 0.604. The minimum Gasteiger partial charge on any atom is -0.305 e. The molecule has 0 bridgehead atoms. The highest BCUT2D eigenvalue weighted by Gasteiger charge is 2.22. The van der Waals surface area contributed by atoms with Gasteiger partial charge in [-0.2, -0.15) is 5.10 Å². The van der Waals surface area contributed by atoms with Crippen molar-refractivity contribution >= 4 is 11.0 Å². The molecule has 0 spiro atoms. The molecule has 0 unspecified atom stereocenters. The molecule has 2 heterocycles. The van der Waals surface area contributed by atoms with Crippen molar-refractivity contribution in [3.8, 4) is 0 Å². The van der Waals surface area contributed by atoms with Crippen molar-refractivity contribution in [1.82, 2.24) is 14.8 Å². The Morgan fingerprint density at radius 2 is 2.36 bits per heavy atom. The van der Waals surface area contributed by atoms with Gasteiger partial charge in [-0.1, -0.05) is 0 Å². The third-order valence-corrected chi connectivity index (χ3v) is 2.59. The van der Waals surface area contributed by atoms with E-state index in [0.717, 1.165) is 17.8 Å². The number of nitrogens with zero attached hydrogens (tertiary/aromatic N) is 2. The zero-order valence-electron chi connectivity index (χ0n) is 7.73. The molecule has 1 saturated carbocycles. The van der Waals surface area contributed by atoms with Crippen LogP contribution in [0.25, 0.3) is 11.0 Å². The largest absolute Gasteiger partial charge is 0.305 e. The lowest BCUT2D eigenvalue weighted by molar-refractivity contribution is 0.567. The number of fused-ring (bicyclic) bond motifs is 1. The van der Waals surface area contributed by atoms with E-state index in [1.54, 1.807) is 0 Å². The van der Waals surface area contributed by atoms with E-state index in [1.807, 2.05) is 16.9 Å². The van der Waals surface area contributed by atoms with Crippen LogP contribution in [0.2, 0.25) is 0 Å². The molecule has 4 nitrogen and oxygen atoms in total. The first-order chi connectivity index (χ1) is 6.81. The molecule has 1 aliphatic rings. The molecule has 0 amide bonds. The molecule has 0 radical (unpaired) electrons. The van der Waals surface area contributed by atoms with Crippen molar-refractivity contribution in [3.05, 3.63) is 28.7 Å². The maximum Gasteiger partial charge on any atom is 0.249 e. The number of rotatable bonds is 2. The molecule has 0 aliphatic heterocycles. The van der Waals surface area contributed by atoms with Gasteiger partial charge in [-0.15, -0.1) is 0 Å². The first-order valence-corrected chi connectivity index (χ1v) is 4.88. The van der Waals surface area contributed by atoms with Crippen LogP contribution in [-0.2, 0) is 6.54 Å². The van der Waals surface area contributed by atoms with Gasteiger partial charge in [0.1, 0.15) is 0 Å². The zero-order valence-corrected chi connectivity index (χ0v) is 7.73. The minimum atomic E-state index is -0.0887. The molecular weight excluding hydrogens is 178 g/mol. The number of hydrogen-bond donors (Lipinski definition) is 1. The molecule has 0 atom stereocenters. The van der Waals surface area contributed by atoms with Crippen molar-refractivity contribution in [3.63, 3.8) is 0 Å². The van der Waals surface area contributed by atoms with Crippen LogP contribution >= 0.6 is 0 Å². The van der Waals surface area contributed by atoms with Gasteiger partial charge in [-0.05, 0) is 24.8 Å². The highest BCUT2D eigenvalue weighted by molar-refractivity contribution is 5.73. The van der Waals surface area contributed by atoms with E-state index in [0.29, 0.717) is 5.65 Å². The normalized spacial score (nSPS) is 16.3. The van der Waals surface area contributed by atoms with Crippen LogP contribution in [0.4, 0.5) is 0 Å². The fraction of sp³-hybridized carbons (Fsp3) is 0.400. The smallest absolute Gasteiger partial charge is 0.249 e. The van der Waals surface area contributed by atoms with Gasteiger partial charge < -0.3 is 4.98 Å². The Kier molecular flexibility index (Phi) is 1.50. The van der Waals surface area contributed by atoms with E-state index in [2.05, 4.69) is 10.1 Å². The van der Waals surface area contributed by atoms with Gasteiger partial charge in [-0.3, -0.25) is 9.48 Å². The van der Waals surface area contributed by atoms with Crippen LogP contribution < -0.4 is 5.56 Å². The van der Waals surface area contributed by atoms with Gasteiger partial charge in [-0.25, -0.2) is 0 Å². The molecular formula is C10H11N3O.